The quantitative estimate of drug-likeness (QED) is 0.472. The molecule has 0 aliphatic heterocycles. The van der Waals surface area contributed by atoms with Crippen molar-refractivity contribution in [3.05, 3.63) is 34.1 Å². The summed E-state index contributed by atoms with van der Waals surface area (Å²) in [5.74, 6) is 4.31. The van der Waals surface area contributed by atoms with Gasteiger partial charge in [0.05, 0.1) is 0 Å². The van der Waals surface area contributed by atoms with Gasteiger partial charge >= 0.3 is 0 Å². The molecule has 0 heterocycles. The van der Waals surface area contributed by atoms with Crippen LogP contribution in [0.1, 0.15) is 17.5 Å². The van der Waals surface area contributed by atoms with Gasteiger partial charge in [-0.05, 0) is 36.6 Å². The summed E-state index contributed by atoms with van der Waals surface area (Å²) < 4.78 is 13.2. The number of benzene rings is 1. The van der Waals surface area contributed by atoms with Gasteiger partial charge in [0, 0.05) is 11.4 Å². The minimum Gasteiger partial charge on any atom is -0.294 e. The van der Waals surface area contributed by atoms with E-state index in [1.165, 1.54) is 6.07 Å². The number of carbonyl (C=O) groups excluding carboxylic acids is 1. The Morgan fingerprint density at radius 2 is 2.27 bits per heavy atom. The summed E-state index contributed by atoms with van der Waals surface area (Å²) in [6.45, 7) is 1.64. The molecule has 82 valence electrons. The molecule has 15 heavy (non-hydrogen) atoms. The Bertz CT molecular complexity index is 382. The zero-order valence-corrected chi connectivity index (χ0v) is 9.07. The molecule has 0 saturated carbocycles. The van der Waals surface area contributed by atoms with E-state index in [0.717, 1.165) is 0 Å². The van der Waals surface area contributed by atoms with Gasteiger partial charge in [-0.15, -0.1) is 0 Å². The van der Waals surface area contributed by atoms with Gasteiger partial charge in [-0.1, -0.05) is 11.6 Å². The number of nitrogens with two attached hydrogens (primary N) is 1. The standard InChI is InChI=1S/C10H12ClFN2O/c1-6-4-8(11)7(5-9(6)12)2-3-10(15)14-13/h4-5H,2-3,13H2,1H3,(H,14,15). The maximum atomic E-state index is 13.2. The summed E-state index contributed by atoms with van der Waals surface area (Å²) in [6.07, 6.45) is 0.567. The number of hydrogen-bond acceptors (Lipinski definition) is 2. The first-order valence-electron chi connectivity index (χ1n) is 4.48. The Morgan fingerprint density at radius 3 is 2.87 bits per heavy atom. The lowest BCUT2D eigenvalue weighted by Crippen LogP contribution is -2.30. The molecule has 0 aliphatic carbocycles. The minimum atomic E-state index is -0.317. The fourth-order valence-corrected chi connectivity index (χ4v) is 1.51. The van der Waals surface area contributed by atoms with Gasteiger partial charge in [-0.25, -0.2) is 10.2 Å². The topological polar surface area (TPSA) is 55.1 Å². The number of aryl methyl sites for hydroxylation is 2. The van der Waals surface area contributed by atoms with Crippen LogP contribution in [-0.2, 0) is 11.2 Å². The molecule has 5 heteroatoms. The Labute approximate surface area is 92.4 Å². The molecule has 1 aromatic carbocycles. The number of carbonyl (C=O) groups is 1. The summed E-state index contributed by atoms with van der Waals surface area (Å²) in [7, 11) is 0. The zero-order valence-electron chi connectivity index (χ0n) is 8.31. The highest BCUT2D eigenvalue weighted by Crippen LogP contribution is 2.21. The molecule has 1 rings (SSSR count). The van der Waals surface area contributed by atoms with Crippen molar-refractivity contribution in [1.82, 2.24) is 5.43 Å². The summed E-state index contributed by atoms with van der Waals surface area (Å²) in [5, 5.41) is 0.471. The summed E-state index contributed by atoms with van der Waals surface area (Å²) in [5.41, 5.74) is 3.11. The van der Waals surface area contributed by atoms with Crippen molar-refractivity contribution < 1.29 is 9.18 Å². The van der Waals surface area contributed by atoms with E-state index in [1.54, 1.807) is 13.0 Å². The molecule has 0 aliphatic rings. The van der Waals surface area contributed by atoms with E-state index in [0.29, 0.717) is 22.6 Å². The first kappa shape index (κ1) is 11.9. The lowest BCUT2D eigenvalue weighted by atomic mass is 10.1. The van der Waals surface area contributed by atoms with Crippen LogP contribution in [0.15, 0.2) is 12.1 Å². The largest absolute Gasteiger partial charge is 0.294 e. The van der Waals surface area contributed by atoms with Crippen LogP contribution in [0, 0.1) is 12.7 Å². The Hall–Kier alpha value is -1.13. The number of hydrazine groups is 1. The van der Waals surface area contributed by atoms with Crippen LogP contribution in [0.5, 0.6) is 0 Å². The Morgan fingerprint density at radius 1 is 1.60 bits per heavy atom. The van der Waals surface area contributed by atoms with Gasteiger partial charge in [0.2, 0.25) is 5.91 Å². The van der Waals surface area contributed by atoms with Crippen molar-refractivity contribution in [3.63, 3.8) is 0 Å². The molecule has 0 spiro atoms. The van der Waals surface area contributed by atoms with Crippen LogP contribution in [0.4, 0.5) is 4.39 Å². The third kappa shape index (κ3) is 3.18. The monoisotopic (exact) mass is 230 g/mol. The molecule has 0 fully saturated rings. The van der Waals surface area contributed by atoms with E-state index in [9.17, 15) is 9.18 Å². The Kier molecular flexibility index (Phi) is 4.05. The fraction of sp³-hybridized carbons (Fsp3) is 0.300. The Balaban J connectivity index is 2.77. The van der Waals surface area contributed by atoms with E-state index in [-0.39, 0.29) is 18.1 Å². The van der Waals surface area contributed by atoms with Crippen molar-refractivity contribution in [3.8, 4) is 0 Å². The second-order valence-electron chi connectivity index (χ2n) is 3.26. The van der Waals surface area contributed by atoms with E-state index in [1.807, 2.05) is 5.43 Å². The van der Waals surface area contributed by atoms with Crippen molar-refractivity contribution in [2.75, 3.05) is 0 Å². The molecule has 1 aromatic rings. The highest BCUT2D eigenvalue weighted by atomic mass is 35.5. The predicted molar refractivity (Wildman–Crippen MR) is 56.8 cm³/mol. The third-order valence-electron chi connectivity index (χ3n) is 2.11. The minimum absolute atomic E-state index is 0.193. The average Bonchev–Trinajstić information content (AvgIpc) is 2.21. The van der Waals surface area contributed by atoms with Crippen LogP contribution in [0.3, 0.4) is 0 Å². The molecule has 0 saturated heterocycles. The van der Waals surface area contributed by atoms with Crippen molar-refractivity contribution >= 4 is 17.5 Å². The van der Waals surface area contributed by atoms with Gasteiger partial charge < -0.3 is 0 Å². The molecule has 1 amide bonds. The highest BCUT2D eigenvalue weighted by molar-refractivity contribution is 6.31. The molecule has 0 radical (unpaired) electrons. The van der Waals surface area contributed by atoms with Crippen molar-refractivity contribution in [2.24, 2.45) is 5.84 Å². The fourth-order valence-electron chi connectivity index (χ4n) is 1.20. The number of amides is 1. The van der Waals surface area contributed by atoms with Gasteiger partial charge in [-0.2, -0.15) is 0 Å². The smallest absolute Gasteiger partial charge is 0.234 e. The van der Waals surface area contributed by atoms with E-state index < -0.39 is 0 Å². The molecule has 0 unspecified atom stereocenters. The van der Waals surface area contributed by atoms with Crippen molar-refractivity contribution in [1.29, 1.82) is 0 Å². The van der Waals surface area contributed by atoms with Crippen LogP contribution >= 0.6 is 11.6 Å². The zero-order chi connectivity index (χ0) is 11.4. The van der Waals surface area contributed by atoms with Crippen molar-refractivity contribution in [2.45, 2.75) is 19.8 Å². The molecule has 3 nitrogen and oxygen atoms in total. The van der Waals surface area contributed by atoms with Gasteiger partial charge in [0.15, 0.2) is 0 Å². The number of halogens is 2. The number of rotatable bonds is 3. The first-order valence-corrected chi connectivity index (χ1v) is 4.86. The molecular formula is C10H12ClFN2O. The van der Waals surface area contributed by atoms with Gasteiger partial charge in [0.25, 0.3) is 0 Å². The lowest BCUT2D eigenvalue weighted by Gasteiger charge is -2.05. The average molecular weight is 231 g/mol. The normalized spacial score (nSPS) is 10.1. The molecular weight excluding hydrogens is 219 g/mol. The number of hydrogen-bond donors (Lipinski definition) is 2. The van der Waals surface area contributed by atoms with E-state index in [4.69, 9.17) is 17.4 Å². The molecule has 0 aromatic heterocycles. The summed E-state index contributed by atoms with van der Waals surface area (Å²) >= 11 is 5.90. The lowest BCUT2D eigenvalue weighted by molar-refractivity contribution is -0.121. The highest BCUT2D eigenvalue weighted by Gasteiger charge is 2.07. The third-order valence-corrected chi connectivity index (χ3v) is 2.46. The number of nitrogens with one attached hydrogen (secondary N) is 1. The molecule has 0 bridgehead atoms. The van der Waals surface area contributed by atoms with Crippen LogP contribution in [-0.4, -0.2) is 5.91 Å². The second-order valence-corrected chi connectivity index (χ2v) is 3.67. The first-order chi connectivity index (χ1) is 7.04. The van der Waals surface area contributed by atoms with Crippen LogP contribution in [0.25, 0.3) is 0 Å². The van der Waals surface area contributed by atoms with E-state index >= 15 is 0 Å². The SMILES string of the molecule is Cc1cc(Cl)c(CCC(=O)NN)cc1F. The summed E-state index contributed by atoms with van der Waals surface area (Å²) in [6, 6.07) is 2.90. The van der Waals surface area contributed by atoms with Gasteiger partial charge in [-0.3, -0.25) is 10.2 Å². The van der Waals surface area contributed by atoms with Crippen LogP contribution < -0.4 is 11.3 Å². The summed E-state index contributed by atoms with van der Waals surface area (Å²) in [4.78, 5) is 10.9. The van der Waals surface area contributed by atoms with E-state index in [2.05, 4.69) is 0 Å². The van der Waals surface area contributed by atoms with Crippen LogP contribution in [0.2, 0.25) is 5.02 Å². The molecule has 0 atom stereocenters. The second kappa shape index (κ2) is 5.09. The maximum absolute atomic E-state index is 13.2. The molecule has 3 N–H and O–H groups in total. The maximum Gasteiger partial charge on any atom is 0.234 e. The predicted octanol–water partition coefficient (Wildman–Crippen LogP) is 1.71. The van der Waals surface area contributed by atoms with Gasteiger partial charge in [0.1, 0.15) is 5.82 Å².